The van der Waals surface area contributed by atoms with Crippen LogP contribution in [0.1, 0.15) is 54.9 Å². The highest BCUT2D eigenvalue weighted by Gasteiger charge is 2.64. The fourth-order valence-electron chi connectivity index (χ4n) is 5.27. The van der Waals surface area contributed by atoms with Gasteiger partial charge in [-0.25, -0.2) is 37.3 Å². The number of alkyl carbamates (subject to hydrolysis) is 1. The van der Waals surface area contributed by atoms with Crippen LogP contribution in [0.3, 0.4) is 0 Å². The molecule has 2 amide bonds. The van der Waals surface area contributed by atoms with Gasteiger partial charge in [0.15, 0.2) is 17.8 Å². The Hall–Kier alpha value is -5.56. The quantitative estimate of drug-likeness (QED) is 0.212. The van der Waals surface area contributed by atoms with Gasteiger partial charge in [0.1, 0.15) is 30.0 Å². The molecule has 2 aromatic heterocycles. The lowest BCUT2D eigenvalue weighted by molar-refractivity contribution is -0.164. The van der Waals surface area contributed by atoms with Gasteiger partial charge >= 0.3 is 18.8 Å². The van der Waals surface area contributed by atoms with Crippen molar-refractivity contribution in [3.8, 4) is 16.8 Å². The van der Waals surface area contributed by atoms with E-state index in [1.54, 1.807) is 5.32 Å². The number of guanidine groups is 1. The number of aliphatic imine (C=N–C) groups is 1. The van der Waals surface area contributed by atoms with E-state index in [-0.39, 0.29) is 18.4 Å². The van der Waals surface area contributed by atoms with Gasteiger partial charge in [-0.1, -0.05) is 30.3 Å². The van der Waals surface area contributed by atoms with Gasteiger partial charge in [0.05, 0.1) is 12.2 Å². The van der Waals surface area contributed by atoms with Gasteiger partial charge in [0.25, 0.3) is 12.3 Å². The monoisotopic (exact) mass is 697 g/mol. The summed E-state index contributed by atoms with van der Waals surface area (Å²) in [4.78, 5) is 34.7. The van der Waals surface area contributed by atoms with Gasteiger partial charge in [-0.2, -0.15) is 32.1 Å². The summed E-state index contributed by atoms with van der Waals surface area (Å²) in [6, 6.07) is 6.35. The van der Waals surface area contributed by atoms with E-state index in [2.05, 4.69) is 20.2 Å². The van der Waals surface area contributed by atoms with E-state index in [0.717, 1.165) is 29.6 Å². The topological polar surface area (TPSA) is 146 Å². The summed E-state index contributed by atoms with van der Waals surface area (Å²) in [5.74, 6) is -3.18. The van der Waals surface area contributed by atoms with Crippen molar-refractivity contribution in [2.45, 2.75) is 49.6 Å². The van der Waals surface area contributed by atoms with Crippen LogP contribution in [0.5, 0.6) is 0 Å². The zero-order chi connectivity index (χ0) is 35.2. The van der Waals surface area contributed by atoms with E-state index in [1.807, 2.05) is 0 Å². The number of carbonyl (C=O) groups excluding carboxylic acids is 2. The van der Waals surface area contributed by atoms with Crippen LogP contribution >= 0.6 is 0 Å². The molecule has 1 fully saturated rings. The van der Waals surface area contributed by atoms with Gasteiger partial charge in [-0.05, 0) is 41.7 Å². The number of amides is 2. The molecule has 2 atom stereocenters. The first-order chi connectivity index (χ1) is 23.2. The standard InChI is InChI=1S/C29H23F8N9O3/c30-18-9-16(5-6-19(18)46-23(22(31)32)39-13-41-46)20(12-49-27(48)43-28(7-8-28)29(35,36)37)45-24(47)21(42-26(45)38)15-3-1-14(2-4-15)17-10-40-44(11-17)25(33)34/h1-6,9-11,13,20-22,25H,7-8,12H2,(H2,38,42)(H,43,48)/t20-,21-/m1/s1. The molecule has 1 saturated carbocycles. The fourth-order valence-corrected chi connectivity index (χ4v) is 5.27. The first-order valence-electron chi connectivity index (χ1n) is 14.3. The van der Waals surface area contributed by atoms with Crippen LogP contribution in [-0.4, -0.2) is 65.7 Å². The maximum Gasteiger partial charge on any atom is 0.411 e. The molecule has 0 radical (unpaired) electrons. The minimum atomic E-state index is -4.75. The molecule has 0 spiro atoms. The Kier molecular flexibility index (Phi) is 8.49. The van der Waals surface area contributed by atoms with E-state index < -0.39 is 78.7 Å². The van der Waals surface area contributed by atoms with E-state index in [1.165, 1.54) is 36.5 Å². The van der Waals surface area contributed by atoms with Crippen LogP contribution in [0.2, 0.25) is 0 Å². The molecule has 49 heavy (non-hydrogen) atoms. The SMILES string of the molecule is NC1=N[C@H](c2ccc(-c3cnn(C(F)F)c3)cc2)C(=O)N1[C@H](COC(=O)NC1(C(F)(F)F)CC1)c1ccc(-n2ncnc2C(F)F)c(F)c1. The highest BCUT2D eigenvalue weighted by molar-refractivity contribution is 6.05. The number of nitrogens with one attached hydrogen (secondary N) is 1. The van der Waals surface area contributed by atoms with Crippen LogP contribution in [0.15, 0.2) is 66.2 Å². The lowest BCUT2D eigenvalue weighted by atomic mass is 10.0. The Morgan fingerprint density at radius 2 is 1.78 bits per heavy atom. The first-order valence-corrected chi connectivity index (χ1v) is 14.3. The molecule has 3 heterocycles. The van der Waals surface area contributed by atoms with Crippen molar-refractivity contribution in [2.24, 2.45) is 10.7 Å². The molecule has 4 aromatic rings. The molecule has 2 aliphatic rings. The predicted octanol–water partition coefficient (Wildman–Crippen LogP) is 5.36. The Morgan fingerprint density at radius 1 is 1.06 bits per heavy atom. The number of hydrogen-bond donors (Lipinski definition) is 2. The van der Waals surface area contributed by atoms with E-state index in [9.17, 15) is 40.3 Å². The number of hydrogen-bond acceptors (Lipinski definition) is 8. The minimum Gasteiger partial charge on any atom is -0.447 e. The molecule has 2 aromatic carbocycles. The van der Waals surface area contributed by atoms with E-state index in [4.69, 9.17) is 10.5 Å². The molecular weight excluding hydrogens is 674 g/mol. The molecule has 258 valence electrons. The fraction of sp³-hybridized carbons (Fsp3) is 0.310. The van der Waals surface area contributed by atoms with E-state index >= 15 is 4.39 Å². The Balaban J connectivity index is 1.28. The third-order valence-corrected chi connectivity index (χ3v) is 8.01. The zero-order valence-corrected chi connectivity index (χ0v) is 24.7. The lowest BCUT2D eigenvalue weighted by Crippen LogP contribution is -2.49. The maximum absolute atomic E-state index is 15.4. The normalized spacial score (nSPS) is 17.8. The zero-order valence-electron chi connectivity index (χ0n) is 24.7. The number of carbonyl (C=O) groups is 2. The predicted molar refractivity (Wildman–Crippen MR) is 152 cm³/mol. The molecule has 6 rings (SSSR count). The number of nitrogens with two attached hydrogens (primary N) is 1. The first kappa shape index (κ1) is 33.3. The number of alkyl halides is 7. The Labute approximate surface area is 270 Å². The van der Waals surface area contributed by atoms with Crippen molar-refractivity contribution in [3.05, 3.63) is 84.0 Å². The number of benzene rings is 2. The highest BCUT2D eigenvalue weighted by Crippen LogP contribution is 2.49. The highest BCUT2D eigenvalue weighted by atomic mass is 19.4. The second-order valence-corrected chi connectivity index (χ2v) is 11.1. The van der Waals surface area contributed by atoms with Crippen molar-refractivity contribution in [2.75, 3.05) is 6.61 Å². The Morgan fingerprint density at radius 3 is 2.37 bits per heavy atom. The summed E-state index contributed by atoms with van der Waals surface area (Å²) in [6.07, 6.45) is -6.92. The van der Waals surface area contributed by atoms with Gasteiger partial charge < -0.3 is 15.8 Å². The second-order valence-electron chi connectivity index (χ2n) is 11.1. The largest absolute Gasteiger partial charge is 0.447 e. The van der Waals surface area contributed by atoms with Crippen LogP contribution in [-0.2, 0) is 9.53 Å². The van der Waals surface area contributed by atoms with Crippen molar-refractivity contribution >= 4 is 18.0 Å². The van der Waals surface area contributed by atoms with Gasteiger partial charge in [0, 0.05) is 11.8 Å². The van der Waals surface area contributed by atoms with Gasteiger partial charge in [-0.3, -0.25) is 9.69 Å². The van der Waals surface area contributed by atoms with Gasteiger partial charge in [-0.15, -0.1) is 0 Å². The third-order valence-electron chi connectivity index (χ3n) is 8.01. The Bertz CT molecular complexity index is 1900. The summed E-state index contributed by atoms with van der Waals surface area (Å²) < 4.78 is 114. The third kappa shape index (κ3) is 6.36. The molecule has 12 nitrogen and oxygen atoms in total. The molecule has 0 bridgehead atoms. The van der Waals surface area contributed by atoms with Gasteiger partial charge in [0.2, 0.25) is 0 Å². The minimum absolute atomic E-state index is 0.0942. The van der Waals surface area contributed by atoms with E-state index in [0.29, 0.717) is 26.1 Å². The smallest absolute Gasteiger partial charge is 0.411 e. The summed E-state index contributed by atoms with van der Waals surface area (Å²) in [6.45, 7) is -3.68. The molecular formula is C29H23F8N9O3. The van der Waals surface area contributed by atoms with Crippen LogP contribution in [0.4, 0.5) is 39.9 Å². The number of aromatic nitrogens is 5. The number of rotatable bonds is 10. The second kappa shape index (κ2) is 12.5. The summed E-state index contributed by atoms with van der Waals surface area (Å²) in [5, 5.41) is 8.98. The van der Waals surface area contributed by atoms with Crippen LogP contribution < -0.4 is 11.1 Å². The summed E-state index contributed by atoms with van der Waals surface area (Å²) >= 11 is 0. The van der Waals surface area contributed by atoms with Crippen molar-refractivity contribution in [1.29, 1.82) is 0 Å². The molecule has 1 aliphatic carbocycles. The van der Waals surface area contributed by atoms with Crippen molar-refractivity contribution < 1.29 is 49.4 Å². The molecule has 3 N–H and O–H groups in total. The number of nitrogens with zero attached hydrogens (tertiary/aromatic N) is 7. The molecule has 0 saturated heterocycles. The summed E-state index contributed by atoms with van der Waals surface area (Å²) in [7, 11) is 0. The number of halogens is 8. The molecule has 1 aliphatic heterocycles. The number of ether oxygens (including phenoxy) is 1. The summed E-state index contributed by atoms with van der Waals surface area (Å²) in [5.41, 5.74) is 4.27. The van der Waals surface area contributed by atoms with Crippen LogP contribution in [0.25, 0.3) is 16.8 Å². The van der Waals surface area contributed by atoms with Crippen molar-refractivity contribution in [3.63, 3.8) is 0 Å². The van der Waals surface area contributed by atoms with Crippen molar-refractivity contribution in [1.82, 2.24) is 34.8 Å². The molecule has 0 unspecified atom stereocenters. The average Bonchev–Trinajstić information content (AvgIpc) is 3.37. The molecule has 20 heteroatoms. The average molecular weight is 698 g/mol. The lowest BCUT2D eigenvalue weighted by Gasteiger charge is -2.29. The van der Waals surface area contributed by atoms with Crippen LogP contribution in [0, 0.1) is 5.82 Å². The maximum atomic E-state index is 15.4.